The van der Waals surface area contributed by atoms with Gasteiger partial charge in [-0.15, -0.1) is 0 Å². The van der Waals surface area contributed by atoms with E-state index in [0.29, 0.717) is 17.9 Å². The van der Waals surface area contributed by atoms with Gasteiger partial charge in [-0.2, -0.15) is 0 Å². The van der Waals surface area contributed by atoms with Crippen molar-refractivity contribution in [2.75, 3.05) is 6.54 Å². The second-order valence-corrected chi connectivity index (χ2v) is 7.91. The van der Waals surface area contributed by atoms with Crippen LogP contribution < -0.4 is 5.32 Å². The van der Waals surface area contributed by atoms with Gasteiger partial charge in [0.25, 0.3) is 0 Å². The minimum Gasteiger partial charge on any atom is -0.358 e. The highest BCUT2D eigenvalue weighted by atomic mass is 14.9. The molecule has 3 atom stereocenters. The molecule has 2 N–H and O–H groups in total. The van der Waals surface area contributed by atoms with Crippen LogP contribution in [-0.2, 0) is 6.42 Å². The minimum atomic E-state index is 0.454. The van der Waals surface area contributed by atoms with Crippen LogP contribution in [0.2, 0.25) is 0 Å². The van der Waals surface area contributed by atoms with Crippen LogP contribution in [0.3, 0.4) is 0 Å². The maximum atomic E-state index is 3.85. The van der Waals surface area contributed by atoms with E-state index >= 15 is 0 Å². The summed E-state index contributed by atoms with van der Waals surface area (Å²) in [5, 5.41) is 5.27. The van der Waals surface area contributed by atoms with E-state index in [-0.39, 0.29) is 0 Å². The summed E-state index contributed by atoms with van der Waals surface area (Å²) in [6, 6.07) is 20.2. The Balaban J connectivity index is 1.52. The number of hydrogen-bond donors (Lipinski definition) is 2. The summed E-state index contributed by atoms with van der Waals surface area (Å²) in [6.45, 7) is 3.47. The van der Waals surface area contributed by atoms with Crippen LogP contribution in [0, 0.1) is 5.92 Å². The molecular weight excluding hydrogens is 316 g/mol. The van der Waals surface area contributed by atoms with Gasteiger partial charge in [0.2, 0.25) is 0 Å². The molecule has 0 fully saturated rings. The second-order valence-electron chi connectivity index (χ2n) is 7.91. The molecule has 1 aliphatic carbocycles. The van der Waals surface area contributed by atoms with Crippen LogP contribution in [0.25, 0.3) is 16.5 Å². The van der Waals surface area contributed by atoms with Gasteiger partial charge in [-0.25, -0.2) is 0 Å². The lowest BCUT2D eigenvalue weighted by Gasteiger charge is -2.37. The Kier molecular flexibility index (Phi) is 3.94. The third-order valence-electron chi connectivity index (χ3n) is 6.25. The SMILES string of the molecule is CC1CC(C2NCCC=C2c2ccccc2)Cc2c1[nH]c1ccccc21. The monoisotopic (exact) mass is 342 g/mol. The first-order chi connectivity index (χ1) is 12.8. The average molecular weight is 342 g/mol. The Hall–Kier alpha value is -2.32. The third kappa shape index (κ3) is 2.60. The summed E-state index contributed by atoms with van der Waals surface area (Å²) in [6.07, 6.45) is 5.99. The van der Waals surface area contributed by atoms with Crippen molar-refractivity contribution in [3.63, 3.8) is 0 Å². The molecule has 0 bridgehead atoms. The van der Waals surface area contributed by atoms with Gasteiger partial charge >= 0.3 is 0 Å². The highest BCUT2D eigenvalue weighted by molar-refractivity contribution is 5.85. The van der Waals surface area contributed by atoms with Crippen LogP contribution in [0.15, 0.2) is 60.7 Å². The number of hydrogen-bond acceptors (Lipinski definition) is 1. The third-order valence-corrected chi connectivity index (χ3v) is 6.25. The molecule has 2 nitrogen and oxygen atoms in total. The summed E-state index contributed by atoms with van der Waals surface area (Å²) in [7, 11) is 0. The van der Waals surface area contributed by atoms with Crippen molar-refractivity contribution in [3.05, 3.63) is 77.5 Å². The number of rotatable bonds is 2. The van der Waals surface area contributed by atoms with E-state index in [1.165, 1.54) is 34.2 Å². The van der Waals surface area contributed by atoms with E-state index in [9.17, 15) is 0 Å². The lowest BCUT2D eigenvalue weighted by Crippen LogP contribution is -2.42. The van der Waals surface area contributed by atoms with Crippen LogP contribution in [0.4, 0.5) is 0 Å². The normalized spacial score (nSPS) is 25.7. The van der Waals surface area contributed by atoms with Crippen molar-refractivity contribution in [2.45, 2.75) is 38.1 Å². The van der Waals surface area contributed by atoms with Crippen molar-refractivity contribution in [2.24, 2.45) is 5.92 Å². The first-order valence-corrected chi connectivity index (χ1v) is 9.89. The van der Waals surface area contributed by atoms with E-state index in [2.05, 4.69) is 77.9 Å². The summed E-state index contributed by atoms with van der Waals surface area (Å²) >= 11 is 0. The smallest absolute Gasteiger partial charge is 0.0459 e. The zero-order valence-corrected chi connectivity index (χ0v) is 15.3. The zero-order valence-electron chi connectivity index (χ0n) is 15.3. The number of H-pyrrole nitrogens is 1. The fourth-order valence-corrected chi connectivity index (χ4v) is 5.08. The second kappa shape index (κ2) is 6.44. The molecule has 3 aromatic rings. The van der Waals surface area contributed by atoms with Gasteiger partial charge in [0.15, 0.2) is 0 Å². The Labute approximate surface area is 155 Å². The van der Waals surface area contributed by atoms with Gasteiger partial charge in [0.05, 0.1) is 0 Å². The molecule has 0 amide bonds. The molecule has 1 aliphatic heterocycles. The van der Waals surface area contributed by atoms with Gasteiger partial charge in [-0.3, -0.25) is 0 Å². The standard InChI is InChI=1S/C24H26N2/c1-16-14-18(15-21-20-10-5-6-12-22(20)26-23(16)21)24-19(11-7-13-25-24)17-8-3-2-4-9-17/h2-6,8-12,16,18,24-26H,7,13-15H2,1H3. The van der Waals surface area contributed by atoms with Crippen LogP contribution in [-0.4, -0.2) is 17.6 Å². The van der Waals surface area contributed by atoms with Gasteiger partial charge in [-0.05, 0) is 60.4 Å². The molecule has 0 saturated heterocycles. The fourth-order valence-electron chi connectivity index (χ4n) is 5.08. The number of benzene rings is 2. The molecule has 2 heteroatoms. The van der Waals surface area contributed by atoms with Crippen molar-refractivity contribution < 1.29 is 0 Å². The molecule has 0 radical (unpaired) electrons. The molecule has 5 rings (SSSR count). The highest BCUT2D eigenvalue weighted by Gasteiger charge is 2.34. The maximum Gasteiger partial charge on any atom is 0.0459 e. The van der Waals surface area contributed by atoms with E-state index in [1.807, 2.05) is 0 Å². The van der Waals surface area contributed by atoms with Gasteiger partial charge < -0.3 is 10.3 Å². The highest BCUT2D eigenvalue weighted by Crippen LogP contribution is 2.42. The largest absolute Gasteiger partial charge is 0.358 e. The number of aromatic nitrogens is 1. The van der Waals surface area contributed by atoms with Crippen LogP contribution in [0.1, 0.15) is 42.5 Å². The Morgan fingerprint density at radius 3 is 2.65 bits per heavy atom. The minimum absolute atomic E-state index is 0.454. The quantitative estimate of drug-likeness (QED) is 0.651. The first-order valence-electron chi connectivity index (χ1n) is 9.89. The predicted molar refractivity (Wildman–Crippen MR) is 109 cm³/mol. The summed E-state index contributed by atoms with van der Waals surface area (Å²) < 4.78 is 0. The van der Waals surface area contributed by atoms with E-state index in [4.69, 9.17) is 0 Å². The molecule has 132 valence electrons. The molecule has 0 spiro atoms. The summed E-state index contributed by atoms with van der Waals surface area (Å²) in [4.78, 5) is 3.70. The molecule has 26 heavy (non-hydrogen) atoms. The van der Waals surface area contributed by atoms with E-state index < -0.39 is 0 Å². The van der Waals surface area contributed by atoms with E-state index in [1.54, 1.807) is 5.56 Å². The molecule has 2 aromatic carbocycles. The lowest BCUT2D eigenvalue weighted by molar-refractivity contribution is 0.342. The van der Waals surface area contributed by atoms with E-state index in [0.717, 1.165) is 19.4 Å². The maximum absolute atomic E-state index is 3.85. The molecule has 2 heterocycles. The Morgan fingerprint density at radius 2 is 1.77 bits per heavy atom. The van der Waals surface area contributed by atoms with Gasteiger partial charge in [0, 0.05) is 22.6 Å². The van der Waals surface area contributed by atoms with Crippen molar-refractivity contribution in [1.82, 2.24) is 10.3 Å². The van der Waals surface area contributed by atoms with Crippen molar-refractivity contribution in [1.29, 1.82) is 0 Å². The predicted octanol–water partition coefficient (Wildman–Crippen LogP) is 5.28. The van der Waals surface area contributed by atoms with Crippen LogP contribution in [0.5, 0.6) is 0 Å². The molecule has 1 aromatic heterocycles. The lowest BCUT2D eigenvalue weighted by atomic mass is 9.73. The Morgan fingerprint density at radius 1 is 0.962 bits per heavy atom. The van der Waals surface area contributed by atoms with Crippen molar-refractivity contribution >= 4 is 16.5 Å². The molecule has 0 saturated carbocycles. The first kappa shape index (κ1) is 15.9. The van der Waals surface area contributed by atoms with Crippen LogP contribution >= 0.6 is 0 Å². The zero-order chi connectivity index (χ0) is 17.5. The number of aromatic amines is 1. The van der Waals surface area contributed by atoms with Crippen molar-refractivity contribution in [3.8, 4) is 0 Å². The molecular formula is C24H26N2. The number of para-hydroxylation sites is 1. The molecule has 2 aliphatic rings. The van der Waals surface area contributed by atoms with Gasteiger partial charge in [-0.1, -0.05) is 61.5 Å². The summed E-state index contributed by atoms with van der Waals surface area (Å²) in [5.74, 6) is 1.22. The molecule has 3 unspecified atom stereocenters. The Bertz CT molecular complexity index is 951. The number of fused-ring (bicyclic) bond motifs is 3. The topological polar surface area (TPSA) is 27.8 Å². The fraction of sp³-hybridized carbons (Fsp3) is 0.333. The average Bonchev–Trinajstić information content (AvgIpc) is 3.08. The van der Waals surface area contributed by atoms with Gasteiger partial charge in [0.1, 0.15) is 0 Å². The summed E-state index contributed by atoms with van der Waals surface area (Å²) in [5.41, 5.74) is 7.17. The number of nitrogens with one attached hydrogen (secondary N) is 2.